The molecule has 1 aromatic heterocycles. The van der Waals surface area contributed by atoms with E-state index < -0.39 is 21.6 Å². The number of fused-ring (bicyclic) bond motifs is 1. The van der Waals surface area contributed by atoms with Gasteiger partial charge in [-0.3, -0.25) is 0 Å². The molecule has 190 valence electrons. The van der Waals surface area contributed by atoms with Crippen molar-refractivity contribution in [1.82, 2.24) is 4.98 Å². The van der Waals surface area contributed by atoms with Crippen LogP contribution in [0.25, 0.3) is 0 Å². The van der Waals surface area contributed by atoms with Crippen LogP contribution in [0.3, 0.4) is 0 Å². The average molecular weight is 535 g/mol. The molecule has 0 amide bonds. The van der Waals surface area contributed by atoms with Gasteiger partial charge in [0.25, 0.3) is 0 Å². The third-order valence-corrected chi connectivity index (χ3v) is 7.77. The largest absolute Gasteiger partial charge is 0.465 e. The summed E-state index contributed by atoms with van der Waals surface area (Å²) in [6, 6.07) is 11.3. The molecule has 0 unspecified atom stereocenters. The number of anilines is 1. The number of methoxy groups -OCH3 is 1. The van der Waals surface area contributed by atoms with Gasteiger partial charge in [-0.25, -0.2) is 17.6 Å². The minimum atomic E-state index is -3.78. The van der Waals surface area contributed by atoms with E-state index in [0.29, 0.717) is 12.1 Å². The molecular formula is C25H24ClFN2O6S. The first kappa shape index (κ1) is 25.7. The average Bonchev–Trinajstić information content (AvgIpc) is 2.87. The first-order valence-corrected chi connectivity index (χ1v) is 13.3. The van der Waals surface area contributed by atoms with E-state index in [2.05, 4.69) is 4.98 Å². The number of carbonyl (C=O) groups excluding carboxylic acids is 1. The van der Waals surface area contributed by atoms with Crippen molar-refractivity contribution in [3.63, 3.8) is 0 Å². The number of hydrogen-bond donors (Lipinski definition) is 0. The predicted molar refractivity (Wildman–Crippen MR) is 133 cm³/mol. The molecule has 0 fully saturated rings. The Morgan fingerprint density at radius 1 is 1.06 bits per heavy atom. The molecule has 0 saturated heterocycles. The summed E-state index contributed by atoms with van der Waals surface area (Å²) < 4.78 is 56.2. The second-order valence-corrected chi connectivity index (χ2v) is 10.5. The zero-order chi connectivity index (χ0) is 25.9. The van der Waals surface area contributed by atoms with Gasteiger partial charge in [0.05, 0.1) is 18.4 Å². The van der Waals surface area contributed by atoms with Crippen molar-refractivity contribution in [1.29, 1.82) is 0 Å². The Bertz CT molecular complexity index is 1360. The van der Waals surface area contributed by atoms with Crippen LogP contribution in [0.2, 0.25) is 5.02 Å². The van der Waals surface area contributed by atoms with Crippen LogP contribution >= 0.6 is 11.6 Å². The molecule has 3 aromatic rings. The normalized spacial score (nSPS) is 14.2. The third kappa shape index (κ3) is 5.39. The lowest BCUT2D eigenvalue weighted by Gasteiger charge is -2.32. The monoisotopic (exact) mass is 534 g/mol. The summed E-state index contributed by atoms with van der Waals surface area (Å²) in [6.07, 6.45) is 1.72. The number of pyridine rings is 1. The van der Waals surface area contributed by atoms with Crippen molar-refractivity contribution in [2.24, 2.45) is 0 Å². The fourth-order valence-electron chi connectivity index (χ4n) is 3.71. The standard InChI is InChI=1S/C25H24ClFN2O6S/c1-3-4-13-29-14-15-36(31,32)22-20(26)23(34-18-9-5-16(6-10-18)25(30)33-2)28-24(21(22)29)35-19-11-7-17(27)8-12-19/h5-12H,3-4,13-15H2,1-2H3. The highest BCUT2D eigenvalue weighted by Crippen LogP contribution is 2.47. The summed E-state index contributed by atoms with van der Waals surface area (Å²) >= 11 is 6.59. The number of hydrogen-bond acceptors (Lipinski definition) is 8. The molecule has 8 nitrogen and oxygen atoms in total. The molecule has 0 atom stereocenters. The van der Waals surface area contributed by atoms with Gasteiger partial charge in [0.15, 0.2) is 9.84 Å². The van der Waals surface area contributed by atoms with Crippen molar-refractivity contribution in [2.75, 3.05) is 30.9 Å². The summed E-state index contributed by atoms with van der Waals surface area (Å²) in [7, 11) is -2.51. The molecule has 0 N–H and O–H groups in total. The number of esters is 1. The van der Waals surface area contributed by atoms with Crippen LogP contribution in [0.5, 0.6) is 23.3 Å². The fraction of sp³-hybridized carbons (Fsp3) is 0.280. The Morgan fingerprint density at radius 3 is 2.28 bits per heavy atom. The molecule has 0 saturated carbocycles. The van der Waals surface area contributed by atoms with Crippen LogP contribution in [0.1, 0.15) is 30.1 Å². The molecule has 2 heterocycles. The van der Waals surface area contributed by atoms with Crippen LogP contribution in [-0.2, 0) is 14.6 Å². The smallest absolute Gasteiger partial charge is 0.337 e. The highest BCUT2D eigenvalue weighted by atomic mass is 35.5. The summed E-state index contributed by atoms with van der Waals surface area (Å²) in [4.78, 5) is 17.9. The zero-order valence-electron chi connectivity index (χ0n) is 19.7. The molecule has 4 rings (SSSR count). The van der Waals surface area contributed by atoms with Gasteiger partial charge in [0.1, 0.15) is 32.9 Å². The zero-order valence-corrected chi connectivity index (χ0v) is 21.2. The number of aromatic nitrogens is 1. The Labute approximate surface area is 213 Å². The predicted octanol–water partition coefficient (Wildman–Crippen LogP) is 5.64. The number of sulfone groups is 1. The summed E-state index contributed by atoms with van der Waals surface area (Å²) in [6.45, 7) is 2.86. The minimum Gasteiger partial charge on any atom is -0.465 e. The van der Waals surface area contributed by atoms with E-state index in [1.165, 1.54) is 55.6 Å². The van der Waals surface area contributed by atoms with Crippen LogP contribution in [0, 0.1) is 5.82 Å². The number of carbonyl (C=O) groups is 1. The lowest BCUT2D eigenvalue weighted by Crippen LogP contribution is -2.36. The second-order valence-electron chi connectivity index (χ2n) is 8.05. The first-order valence-electron chi connectivity index (χ1n) is 11.2. The van der Waals surface area contributed by atoms with Gasteiger partial charge < -0.3 is 19.1 Å². The van der Waals surface area contributed by atoms with E-state index >= 15 is 0 Å². The third-order valence-electron chi connectivity index (χ3n) is 5.56. The van der Waals surface area contributed by atoms with Crippen molar-refractivity contribution in [3.8, 4) is 23.3 Å². The number of unbranched alkanes of at least 4 members (excludes halogenated alkanes) is 1. The number of ether oxygens (including phenoxy) is 3. The van der Waals surface area contributed by atoms with Gasteiger partial charge >= 0.3 is 5.97 Å². The van der Waals surface area contributed by atoms with Crippen LogP contribution in [-0.4, -0.2) is 45.3 Å². The van der Waals surface area contributed by atoms with E-state index in [-0.39, 0.29) is 51.2 Å². The number of benzene rings is 2. The highest BCUT2D eigenvalue weighted by Gasteiger charge is 2.37. The van der Waals surface area contributed by atoms with Gasteiger partial charge in [0.2, 0.25) is 11.8 Å². The van der Waals surface area contributed by atoms with Crippen LogP contribution < -0.4 is 14.4 Å². The summed E-state index contributed by atoms with van der Waals surface area (Å²) in [5, 5.41) is -0.172. The molecule has 11 heteroatoms. The molecule has 0 bridgehead atoms. The van der Waals surface area contributed by atoms with Gasteiger partial charge in [-0.15, -0.1) is 0 Å². The topological polar surface area (TPSA) is 95.0 Å². The maximum absolute atomic E-state index is 13.4. The van der Waals surface area contributed by atoms with Crippen molar-refractivity contribution in [2.45, 2.75) is 24.7 Å². The number of nitrogens with zero attached hydrogens (tertiary/aromatic N) is 2. The quantitative estimate of drug-likeness (QED) is 0.343. The Balaban J connectivity index is 1.82. The van der Waals surface area contributed by atoms with Crippen LogP contribution in [0.4, 0.5) is 10.1 Å². The van der Waals surface area contributed by atoms with Crippen LogP contribution in [0.15, 0.2) is 53.4 Å². The van der Waals surface area contributed by atoms with Crippen molar-refractivity contribution < 1.29 is 31.8 Å². The second kappa shape index (κ2) is 10.7. The summed E-state index contributed by atoms with van der Waals surface area (Å²) in [5.41, 5.74) is 0.557. The van der Waals surface area contributed by atoms with E-state index in [0.717, 1.165) is 12.8 Å². The Hall–Kier alpha value is -3.37. The Kier molecular flexibility index (Phi) is 7.65. The van der Waals surface area contributed by atoms with Gasteiger partial charge in [-0.2, -0.15) is 4.98 Å². The molecule has 1 aliphatic heterocycles. The lowest BCUT2D eigenvalue weighted by molar-refractivity contribution is 0.0600. The maximum atomic E-state index is 13.4. The van der Waals surface area contributed by atoms with E-state index in [1.807, 2.05) is 11.8 Å². The molecule has 36 heavy (non-hydrogen) atoms. The molecule has 0 aliphatic carbocycles. The summed E-state index contributed by atoms with van der Waals surface area (Å²) in [5.74, 6) is -0.766. The molecule has 0 radical (unpaired) electrons. The van der Waals surface area contributed by atoms with Gasteiger partial charge in [0, 0.05) is 13.1 Å². The molecule has 0 spiro atoms. The first-order chi connectivity index (χ1) is 17.2. The van der Waals surface area contributed by atoms with Gasteiger partial charge in [-0.05, 0) is 55.0 Å². The van der Waals surface area contributed by atoms with E-state index in [4.69, 9.17) is 25.8 Å². The number of halogens is 2. The highest BCUT2D eigenvalue weighted by molar-refractivity contribution is 7.91. The minimum absolute atomic E-state index is 0.0263. The molecule has 2 aromatic carbocycles. The molecular weight excluding hydrogens is 511 g/mol. The fourth-order valence-corrected chi connectivity index (χ4v) is 5.77. The Morgan fingerprint density at radius 2 is 1.67 bits per heavy atom. The van der Waals surface area contributed by atoms with Crippen molar-refractivity contribution >= 4 is 33.1 Å². The number of rotatable bonds is 8. The molecule has 1 aliphatic rings. The SMILES string of the molecule is CCCCN1CCS(=O)(=O)c2c(Cl)c(Oc3ccc(C(=O)OC)cc3)nc(Oc3ccc(F)cc3)c21. The van der Waals surface area contributed by atoms with E-state index in [1.54, 1.807) is 0 Å². The lowest BCUT2D eigenvalue weighted by atomic mass is 10.2. The van der Waals surface area contributed by atoms with Gasteiger partial charge in [-0.1, -0.05) is 24.9 Å². The van der Waals surface area contributed by atoms with E-state index in [9.17, 15) is 17.6 Å². The maximum Gasteiger partial charge on any atom is 0.337 e. The van der Waals surface area contributed by atoms with Crippen molar-refractivity contribution in [3.05, 3.63) is 64.9 Å².